The zero-order valence-corrected chi connectivity index (χ0v) is 5.70. The van der Waals surface area contributed by atoms with E-state index < -0.39 is 12.9 Å². The van der Waals surface area contributed by atoms with Crippen LogP contribution >= 0.6 is 7.82 Å². The Balaban J connectivity index is -0.0000000965. The maximum absolute atomic E-state index is 8.88. The molecule has 0 aromatic rings. The van der Waals surface area contributed by atoms with Gasteiger partial charge in [-0.1, -0.05) is 0 Å². The number of rotatable bonds is 0. The van der Waals surface area contributed by atoms with E-state index in [9.17, 15) is 0 Å². The molecular weight excluding hydrogens is 189 g/mol. The van der Waals surface area contributed by atoms with Crippen LogP contribution in [0.1, 0.15) is 0 Å². The van der Waals surface area contributed by atoms with Crippen molar-refractivity contribution in [2.24, 2.45) is 0 Å². The van der Waals surface area contributed by atoms with Crippen LogP contribution in [0.15, 0.2) is 0 Å². The van der Waals surface area contributed by atoms with Gasteiger partial charge in [-0.15, -0.1) is 10.1 Å². The molecule has 0 saturated carbocycles. The lowest BCUT2D eigenvalue weighted by Crippen LogP contribution is -1.81. The van der Waals surface area contributed by atoms with Crippen LogP contribution in [0.2, 0.25) is 0 Å². The summed E-state index contributed by atoms with van der Waals surface area (Å²) in [7, 11) is -4.64. The fourth-order valence-electron chi connectivity index (χ4n) is 0. The predicted octanol–water partition coefficient (Wildman–Crippen LogP) is -1.26. The van der Waals surface area contributed by atoms with Crippen LogP contribution in [0, 0.1) is 10.1 Å². The second-order valence-electron chi connectivity index (χ2n) is 0.751. The topological polar surface area (TPSA) is 182 Å². The molecule has 11 heteroatoms. The zero-order valence-electron chi connectivity index (χ0n) is 4.80. The Hall–Kier alpha value is -0.770. The Morgan fingerprint density at radius 1 is 1.18 bits per heavy atom. The van der Waals surface area contributed by atoms with Crippen molar-refractivity contribution in [2.45, 2.75) is 0 Å². The molecule has 0 aliphatic heterocycles. The molecule has 0 bridgehead atoms. The molecule has 10 nitrogen and oxygen atoms in total. The molecular formula is H6NO9P. The van der Waals surface area contributed by atoms with Crippen LogP contribution in [-0.4, -0.2) is 35.5 Å². The molecule has 0 fully saturated rings. The normalized spacial score (nSPS) is 8.09. The molecule has 0 saturated heterocycles. The quantitative estimate of drug-likeness (QED) is 0.119. The van der Waals surface area contributed by atoms with E-state index in [0.717, 1.165) is 0 Å². The summed E-state index contributed by atoms with van der Waals surface area (Å²) >= 11 is 0. The molecule has 0 aliphatic rings. The van der Waals surface area contributed by atoms with Gasteiger partial charge in [-0.05, 0) is 0 Å². The maximum Gasteiger partial charge on any atom is 0.466 e. The standard InChI is InChI=1S/HNO3.H3O4P.H2O2/c2-1(3)4;1-5(2,3)4;1-2/h(H,2,3,4);(H3,1,2,3,4);1-2H. The minimum Gasteiger partial charge on any atom is -0.328 e. The van der Waals surface area contributed by atoms with Gasteiger partial charge in [-0.3, -0.25) is 10.5 Å². The van der Waals surface area contributed by atoms with Crippen molar-refractivity contribution in [3.05, 3.63) is 10.1 Å². The van der Waals surface area contributed by atoms with Gasteiger partial charge in [0.05, 0.1) is 0 Å². The van der Waals surface area contributed by atoms with Crippen LogP contribution in [0.5, 0.6) is 0 Å². The largest absolute Gasteiger partial charge is 0.466 e. The Morgan fingerprint density at radius 2 is 1.18 bits per heavy atom. The third-order valence-electron chi connectivity index (χ3n) is 0. The van der Waals surface area contributed by atoms with Crippen molar-refractivity contribution in [1.82, 2.24) is 0 Å². The third kappa shape index (κ3) is 814. The number of nitrogens with zero attached hydrogens (tertiary/aromatic N) is 1. The Kier molecular flexibility index (Phi) is 14.0. The second kappa shape index (κ2) is 9.23. The molecule has 0 aliphatic carbocycles. The smallest absolute Gasteiger partial charge is 0.328 e. The first-order chi connectivity index (χ1) is 4.73. The maximum atomic E-state index is 8.88. The zero-order chi connectivity index (χ0) is 10.1. The van der Waals surface area contributed by atoms with E-state index in [1.807, 2.05) is 0 Å². The van der Waals surface area contributed by atoms with Gasteiger partial charge in [0, 0.05) is 0 Å². The minimum atomic E-state index is -4.64. The number of hydrogen-bond donors (Lipinski definition) is 6. The van der Waals surface area contributed by atoms with Gasteiger partial charge >= 0.3 is 7.82 Å². The third-order valence-corrected chi connectivity index (χ3v) is 0. The highest BCUT2D eigenvalue weighted by Crippen LogP contribution is 2.25. The fraction of sp³-hybridized carbons (Fsp3) is 0. The van der Waals surface area contributed by atoms with E-state index in [4.69, 9.17) is 45.1 Å². The SMILES string of the molecule is O=P(O)(O)O.O=[N+]([O-])O.OO. The summed E-state index contributed by atoms with van der Waals surface area (Å²) in [5, 5.41) is 25.6. The molecule has 70 valence electrons. The summed E-state index contributed by atoms with van der Waals surface area (Å²) in [6.07, 6.45) is 0. The Bertz CT molecular complexity index is 109. The van der Waals surface area contributed by atoms with Gasteiger partial charge in [0.2, 0.25) is 0 Å². The lowest BCUT2D eigenvalue weighted by Gasteiger charge is -1.82. The summed E-state index contributed by atoms with van der Waals surface area (Å²) in [4.78, 5) is 29.9. The van der Waals surface area contributed by atoms with Crippen molar-refractivity contribution < 1.29 is 40.1 Å². The van der Waals surface area contributed by atoms with E-state index >= 15 is 0 Å². The summed E-state index contributed by atoms with van der Waals surface area (Å²) in [6, 6.07) is 0. The molecule has 0 aromatic heterocycles. The summed E-state index contributed by atoms with van der Waals surface area (Å²) in [5.41, 5.74) is 0. The van der Waals surface area contributed by atoms with Crippen molar-refractivity contribution in [1.29, 1.82) is 0 Å². The number of hydrogen-bond acceptors (Lipinski definition) is 5. The van der Waals surface area contributed by atoms with Crippen LogP contribution in [0.4, 0.5) is 0 Å². The molecule has 0 unspecified atom stereocenters. The Morgan fingerprint density at radius 3 is 1.18 bits per heavy atom. The molecule has 0 aromatic carbocycles. The van der Waals surface area contributed by atoms with Crippen LogP contribution in [-0.2, 0) is 4.57 Å². The first-order valence-corrected chi connectivity index (χ1v) is 3.11. The lowest BCUT2D eigenvalue weighted by molar-refractivity contribution is -0.742. The van der Waals surface area contributed by atoms with E-state index in [0.29, 0.717) is 0 Å². The van der Waals surface area contributed by atoms with Crippen molar-refractivity contribution in [3.63, 3.8) is 0 Å². The van der Waals surface area contributed by atoms with Crippen molar-refractivity contribution in [3.8, 4) is 0 Å². The summed E-state index contributed by atoms with van der Waals surface area (Å²) < 4.78 is 8.88. The van der Waals surface area contributed by atoms with Gasteiger partial charge in [-0.25, -0.2) is 4.57 Å². The molecule has 0 spiro atoms. The van der Waals surface area contributed by atoms with E-state index in [-0.39, 0.29) is 0 Å². The van der Waals surface area contributed by atoms with Crippen LogP contribution in [0.3, 0.4) is 0 Å². The molecule has 11 heavy (non-hydrogen) atoms. The van der Waals surface area contributed by atoms with Crippen LogP contribution < -0.4 is 0 Å². The highest BCUT2D eigenvalue weighted by molar-refractivity contribution is 7.45. The average molecular weight is 195 g/mol. The second-order valence-corrected chi connectivity index (χ2v) is 1.78. The first kappa shape index (κ1) is 16.7. The molecule has 0 rings (SSSR count). The molecule has 0 radical (unpaired) electrons. The lowest BCUT2D eigenvalue weighted by atomic mass is 13.1. The highest BCUT2D eigenvalue weighted by Gasteiger charge is 2.00. The monoisotopic (exact) mass is 195 g/mol. The van der Waals surface area contributed by atoms with Gasteiger partial charge < -0.3 is 19.9 Å². The molecule has 0 heterocycles. The van der Waals surface area contributed by atoms with Gasteiger partial charge in [-0.2, -0.15) is 0 Å². The van der Waals surface area contributed by atoms with E-state index in [1.165, 1.54) is 0 Å². The fourth-order valence-corrected chi connectivity index (χ4v) is 0. The molecule has 6 N–H and O–H groups in total. The van der Waals surface area contributed by atoms with Crippen LogP contribution in [0.25, 0.3) is 0 Å². The van der Waals surface area contributed by atoms with Crippen molar-refractivity contribution in [2.75, 3.05) is 0 Å². The summed E-state index contributed by atoms with van der Waals surface area (Å²) in [6.45, 7) is 0. The Labute approximate surface area is 59.2 Å². The summed E-state index contributed by atoms with van der Waals surface area (Å²) in [5.74, 6) is 0. The predicted molar refractivity (Wildman–Crippen MR) is 28.3 cm³/mol. The first-order valence-electron chi connectivity index (χ1n) is 1.55. The van der Waals surface area contributed by atoms with E-state index in [1.54, 1.807) is 0 Å². The van der Waals surface area contributed by atoms with Crippen molar-refractivity contribution >= 4 is 7.82 Å². The van der Waals surface area contributed by atoms with E-state index in [2.05, 4.69) is 0 Å². The highest BCUT2D eigenvalue weighted by atomic mass is 31.2. The molecule has 0 amide bonds. The minimum absolute atomic E-state index is 1.50. The van der Waals surface area contributed by atoms with Gasteiger partial charge in [0.25, 0.3) is 5.09 Å². The number of phosphoric acid groups is 1. The van der Waals surface area contributed by atoms with Gasteiger partial charge in [0.15, 0.2) is 0 Å². The molecule has 0 atom stereocenters. The van der Waals surface area contributed by atoms with Gasteiger partial charge in [0.1, 0.15) is 0 Å². The average Bonchev–Trinajstić information content (AvgIpc) is 1.63.